The van der Waals surface area contributed by atoms with Crippen molar-refractivity contribution in [3.63, 3.8) is 0 Å². The van der Waals surface area contributed by atoms with E-state index >= 15 is 0 Å². The van der Waals surface area contributed by atoms with Crippen LogP contribution in [0.15, 0.2) is 60.8 Å². The number of esters is 2. The Balaban J connectivity index is 4.42. The normalized spacial score (nSPS) is 14.6. The summed E-state index contributed by atoms with van der Waals surface area (Å²) in [4.78, 5) is 34.9. The van der Waals surface area contributed by atoms with Gasteiger partial charge in [0, 0.05) is 12.8 Å². The van der Waals surface area contributed by atoms with Crippen LogP contribution in [0.25, 0.3) is 0 Å². The van der Waals surface area contributed by atoms with Crippen molar-refractivity contribution < 1.29 is 47.8 Å². The monoisotopic (exact) mass is 754 g/mol. The quantitative estimate of drug-likeness (QED) is 0.0244. The Morgan fingerprint density at radius 2 is 1.06 bits per heavy atom. The van der Waals surface area contributed by atoms with Crippen LogP contribution < -0.4 is 0 Å². The molecule has 11 heteroatoms. The molecule has 52 heavy (non-hydrogen) atoms. The molecular weight excluding hydrogens is 683 g/mol. The molecule has 0 aromatic carbocycles. The minimum Gasteiger partial charge on any atom is -0.462 e. The third-order valence-corrected chi connectivity index (χ3v) is 8.86. The second-order valence-electron chi connectivity index (χ2n) is 12.9. The molecule has 1 unspecified atom stereocenters. The fourth-order valence-electron chi connectivity index (χ4n) is 4.85. The first-order valence-electron chi connectivity index (χ1n) is 19.7. The second-order valence-corrected chi connectivity index (χ2v) is 14.4. The average molecular weight is 755 g/mol. The van der Waals surface area contributed by atoms with Gasteiger partial charge < -0.3 is 24.6 Å². The van der Waals surface area contributed by atoms with Gasteiger partial charge in [-0.25, -0.2) is 4.57 Å². The summed E-state index contributed by atoms with van der Waals surface area (Å²) >= 11 is 0. The van der Waals surface area contributed by atoms with Crippen molar-refractivity contribution in [3.8, 4) is 0 Å². The number of carbonyl (C=O) groups excluding carboxylic acids is 2. The van der Waals surface area contributed by atoms with Gasteiger partial charge in [0.15, 0.2) is 6.10 Å². The van der Waals surface area contributed by atoms with Gasteiger partial charge in [0.05, 0.1) is 19.8 Å². The molecule has 0 bridgehead atoms. The molecule has 0 rings (SSSR count). The third-order valence-electron chi connectivity index (χ3n) is 7.91. The van der Waals surface area contributed by atoms with Crippen LogP contribution in [0.1, 0.15) is 149 Å². The maximum Gasteiger partial charge on any atom is 0.472 e. The molecule has 0 fully saturated rings. The van der Waals surface area contributed by atoms with E-state index in [-0.39, 0.29) is 19.4 Å². The van der Waals surface area contributed by atoms with Crippen molar-refractivity contribution in [1.29, 1.82) is 0 Å². The summed E-state index contributed by atoms with van der Waals surface area (Å²) in [6.45, 7) is 2.16. The van der Waals surface area contributed by atoms with E-state index in [1.54, 1.807) is 0 Å². The largest absolute Gasteiger partial charge is 0.472 e. The van der Waals surface area contributed by atoms with Crippen molar-refractivity contribution in [3.05, 3.63) is 60.8 Å². The fourth-order valence-corrected chi connectivity index (χ4v) is 5.64. The molecule has 300 valence electrons. The van der Waals surface area contributed by atoms with Crippen LogP contribution in [-0.2, 0) is 32.7 Å². The molecule has 0 amide bonds. The van der Waals surface area contributed by atoms with E-state index in [2.05, 4.69) is 79.1 Å². The van der Waals surface area contributed by atoms with Gasteiger partial charge in [-0.1, -0.05) is 126 Å². The minimum atomic E-state index is -4.62. The van der Waals surface area contributed by atoms with E-state index in [9.17, 15) is 24.2 Å². The molecule has 3 N–H and O–H groups in total. The standard InChI is InChI=1S/C41H71O10P/c1-3-5-7-9-11-13-15-17-19-21-23-25-27-29-31-33-41(45)51-39(37-50-52(46,47)49-35-38(43)34-42)36-48-40(44)32-30-28-26-24-22-20-18-16-14-12-10-8-6-4-2/h5,7,10-13,16-19,38-39,42-43H,3-4,6,8-9,14-15,20-37H2,1-2H3,(H,46,47)/b7-5-,12-10-,13-11-,18-16-,19-17-/t38-,39+/m0/s1. The Labute approximate surface area is 315 Å². The van der Waals surface area contributed by atoms with Crippen LogP contribution in [0.2, 0.25) is 0 Å². The fraction of sp³-hybridized carbons (Fsp3) is 0.707. The number of aliphatic hydroxyl groups is 2. The number of rotatable bonds is 36. The van der Waals surface area contributed by atoms with E-state index in [4.69, 9.17) is 19.1 Å². The van der Waals surface area contributed by atoms with Crippen LogP contribution in [-0.4, -0.2) is 65.7 Å². The molecule has 0 aliphatic heterocycles. The highest BCUT2D eigenvalue weighted by Gasteiger charge is 2.27. The number of unbranched alkanes of at least 4 members (excludes halogenated alkanes) is 12. The Morgan fingerprint density at radius 1 is 0.596 bits per heavy atom. The molecule has 0 saturated carbocycles. The van der Waals surface area contributed by atoms with E-state index < -0.39 is 51.8 Å². The number of phosphoric acid groups is 1. The van der Waals surface area contributed by atoms with Gasteiger partial charge in [-0.15, -0.1) is 0 Å². The summed E-state index contributed by atoms with van der Waals surface area (Å²) in [5.74, 6) is -0.967. The molecule has 0 spiro atoms. The number of hydrogen-bond donors (Lipinski definition) is 3. The maximum absolute atomic E-state index is 12.6. The number of phosphoric ester groups is 1. The lowest BCUT2D eigenvalue weighted by atomic mass is 10.1. The molecular formula is C41H71O10P. The Morgan fingerprint density at radius 3 is 1.60 bits per heavy atom. The van der Waals surface area contributed by atoms with Crippen molar-refractivity contribution >= 4 is 19.8 Å². The zero-order valence-corrected chi connectivity index (χ0v) is 33.1. The van der Waals surface area contributed by atoms with Crippen molar-refractivity contribution in [1.82, 2.24) is 0 Å². The first kappa shape index (κ1) is 49.7. The van der Waals surface area contributed by atoms with Gasteiger partial charge >= 0.3 is 19.8 Å². The van der Waals surface area contributed by atoms with Crippen molar-refractivity contribution in [2.45, 2.75) is 161 Å². The predicted octanol–water partition coefficient (Wildman–Crippen LogP) is 9.94. The molecule has 3 atom stereocenters. The maximum atomic E-state index is 12.6. The average Bonchev–Trinajstić information content (AvgIpc) is 3.13. The summed E-state index contributed by atoms with van der Waals surface area (Å²) in [7, 11) is -4.62. The lowest BCUT2D eigenvalue weighted by Crippen LogP contribution is -2.29. The Bertz CT molecular complexity index is 1050. The molecule has 0 radical (unpaired) electrons. The van der Waals surface area contributed by atoms with Gasteiger partial charge in [-0.2, -0.15) is 0 Å². The van der Waals surface area contributed by atoms with Gasteiger partial charge in [0.2, 0.25) is 0 Å². The van der Waals surface area contributed by atoms with Crippen LogP contribution in [0.4, 0.5) is 0 Å². The zero-order chi connectivity index (χ0) is 38.4. The SMILES string of the molecule is CC/C=C\C/C=C\C/C=C\CCCCCCCC(=O)O[C@H](COC(=O)CCCCCCC/C=C\C/C=C\CCCC)COP(=O)(O)OC[C@@H](O)CO. The number of allylic oxidation sites excluding steroid dienone is 10. The summed E-state index contributed by atoms with van der Waals surface area (Å²) in [5, 5.41) is 18.3. The number of ether oxygens (including phenoxy) is 2. The van der Waals surface area contributed by atoms with Gasteiger partial charge in [-0.3, -0.25) is 18.6 Å². The highest BCUT2D eigenvalue weighted by Crippen LogP contribution is 2.43. The zero-order valence-electron chi connectivity index (χ0n) is 32.3. The van der Waals surface area contributed by atoms with Crippen LogP contribution in [0.5, 0.6) is 0 Å². The van der Waals surface area contributed by atoms with E-state index in [0.29, 0.717) is 12.8 Å². The molecule has 10 nitrogen and oxygen atoms in total. The minimum absolute atomic E-state index is 0.159. The van der Waals surface area contributed by atoms with E-state index in [1.165, 1.54) is 12.8 Å². The highest BCUT2D eigenvalue weighted by atomic mass is 31.2. The summed E-state index contributed by atoms with van der Waals surface area (Å²) < 4.78 is 32.6. The first-order chi connectivity index (χ1) is 25.2. The third kappa shape index (κ3) is 36.0. The van der Waals surface area contributed by atoms with Crippen LogP contribution in [0, 0.1) is 0 Å². The highest BCUT2D eigenvalue weighted by molar-refractivity contribution is 7.47. The molecule has 0 heterocycles. The Kier molecular flexibility index (Phi) is 35.3. The summed E-state index contributed by atoms with van der Waals surface area (Å²) in [6, 6.07) is 0. The second kappa shape index (κ2) is 37.0. The molecule has 0 aromatic rings. The predicted molar refractivity (Wildman–Crippen MR) is 210 cm³/mol. The topological polar surface area (TPSA) is 149 Å². The number of hydrogen-bond acceptors (Lipinski definition) is 9. The van der Waals surface area contributed by atoms with Gasteiger partial charge in [0.25, 0.3) is 0 Å². The molecule has 0 aromatic heterocycles. The lowest BCUT2D eigenvalue weighted by Gasteiger charge is -2.20. The molecule has 0 aliphatic carbocycles. The molecule has 0 aliphatic rings. The summed E-state index contributed by atoms with van der Waals surface area (Å²) in [6.07, 6.45) is 39.0. The number of aliphatic hydroxyl groups excluding tert-OH is 2. The van der Waals surface area contributed by atoms with Crippen LogP contribution in [0.3, 0.4) is 0 Å². The Hall–Kier alpha value is -2.33. The van der Waals surface area contributed by atoms with Gasteiger partial charge in [-0.05, 0) is 70.6 Å². The lowest BCUT2D eigenvalue weighted by molar-refractivity contribution is -0.161. The smallest absolute Gasteiger partial charge is 0.462 e. The van der Waals surface area contributed by atoms with Gasteiger partial charge in [0.1, 0.15) is 12.7 Å². The summed E-state index contributed by atoms with van der Waals surface area (Å²) in [5.41, 5.74) is 0. The van der Waals surface area contributed by atoms with E-state index in [1.807, 2.05) is 0 Å². The van der Waals surface area contributed by atoms with Crippen molar-refractivity contribution in [2.75, 3.05) is 26.4 Å². The number of carbonyl (C=O) groups is 2. The van der Waals surface area contributed by atoms with Crippen LogP contribution >= 0.6 is 7.82 Å². The van der Waals surface area contributed by atoms with Crippen molar-refractivity contribution in [2.24, 2.45) is 0 Å². The first-order valence-corrected chi connectivity index (χ1v) is 21.2. The molecule has 0 saturated heterocycles. The van der Waals surface area contributed by atoms with E-state index in [0.717, 1.165) is 96.3 Å².